The van der Waals surface area contributed by atoms with E-state index in [4.69, 9.17) is 5.40 Å². The Hall–Kier alpha value is -0.343. The Morgan fingerprint density at radius 2 is 2.11 bits per heavy atom. The molecule has 0 aromatic heterocycles. The minimum Gasteiger partial charge on any atom is -0.351 e. The van der Waals surface area contributed by atoms with Gasteiger partial charge in [-0.25, -0.2) is 0 Å². The van der Waals surface area contributed by atoms with Crippen LogP contribution >= 0.6 is 0 Å². The van der Waals surface area contributed by atoms with Crippen LogP contribution in [0, 0.1) is 0 Å². The number of nitrogens with two attached hydrogens (primary N) is 1. The van der Waals surface area contributed by atoms with Crippen LogP contribution in [0.25, 0.3) is 0 Å². The van der Waals surface area contributed by atoms with E-state index < -0.39 is 8.24 Å². The Labute approximate surface area is 58.4 Å². The summed E-state index contributed by atoms with van der Waals surface area (Å²) >= 11 is 0. The van der Waals surface area contributed by atoms with Gasteiger partial charge in [0.1, 0.15) is 8.24 Å². The molecular formula is C7H15NSi. The van der Waals surface area contributed by atoms with Crippen molar-refractivity contribution in [3.63, 3.8) is 0 Å². The highest BCUT2D eigenvalue weighted by Crippen LogP contribution is 2.09. The highest BCUT2D eigenvalue weighted by Gasteiger charge is 2.13. The van der Waals surface area contributed by atoms with E-state index in [9.17, 15) is 0 Å². The Bertz CT molecular complexity index is 121. The zero-order chi connectivity index (χ0) is 7.49. The highest BCUT2D eigenvalue weighted by molar-refractivity contribution is 6.74. The number of hydrogen-bond acceptors (Lipinski definition) is 1. The molecule has 0 amide bonds. The molecule has 0 rings (SSSR count). The van der Waals surface area contributed by atoms with Gasteiger partial charge in [0, 0.05) is 0 Å². The van der Waals surface area contributed by atoms with Gasteiger partial charge in [0.25, 0.3) is 0 Å². The first-order valence-electron chi connectivity index (χ1n) is 3.05. The quantitative estimate of drug-likeness (QED) is 0.471. The van der Waals surface area contributed by atoms with Gasteiger partial charge in [0.15, 0.2) is 0 Å². The lowest BCUT2D eigenvalue weighted by atomic mass is 10.4. The van der Waals surface area contributed by atoms with E-state index in [1.807, 2.05) is 0 Å². The molecule has 0 aromatic carbocycles. The van der Waals surface area contributed by atoms with Crippen LogP contribution in [-0.4, -0.2) is 8.24 Å². The third-order valence-corrected chi connectivity index (χ3v) is 2.34. The zero-order valence-corrected chi connectivity index (χ0v) is 7.28. The maximum absolute atomic E-state index is 5.84. The second kappa shape index (κ2) is 2.99. The average Bonchev–Trinajstić information content (AvgIpc) is 1.62. The second-order valence-corrected chi connectivity index (χ2v) is 7.36. The van der Waals surface area contributed by atoms with E-state index in [2.05, 4.69) is 26.3 Å². The van der Waals surface area contributed by atoms with Crippen molar-refractivity contribution in [3.8, 4) is 0 Å². The fraction of sp³-hybridized carbons (Fsp3) is 0.429. The van der Waals surface area contributed by atoms with Gasteiger partial charge in [-0.05, 0) is 6.04 Å². The monoisotopic (exact) mass is 141 g/mol. The fourth-order valence-corrected chi connectivity index (χ4v) is 1.97. The van der Waals surface area contributed by atoms with Gasteiger partial charge in [-0.15, -0.1) is 0 Å². The highest BCUT2D eigenvalue weighted by atomic mass is 28.3. The van der Waals surface area contributed by atoms with Crippen LogP contribution in [0.3, 0.4) is 0 Å². The van der Waals surface area contributed by atoms with Gasteiger partial charge < -0.3 is 5.40 Å². The molecule has 0 saturated carbocycles. The molecule has 0 saturated heterocycles. The molecular weight excluding hydrogens is 126 g/mol. The minimum absolute atomic E-state index is 0.955. The third kappa shape index (κ3) is 5.53. The molecule has 0 fully saturated rings. The fourth-order valence-electron chi connectivity index (χ4n) is 0.657. The lowest BCUT2D eigenvalue weighted by Gasteiger charge is -2.14. The first kappa shape index (κ1) is 8.66. The molecule has 0 aromatic rings. The van der Waals surface area contributed by atoms with E-state index >= 15 is 0 Å². The summed E-state index contributed by atoms with van der Waals surface area (Å²) in [6, 6.07) is 0.955. The molecule has 0 radical (unpaired) electrons. The Kier molecular flexibility index (Phi) is 2.87. The smallest absolute Gasteiger partial charge is 0.121 e. The molecule has 52 valence electrons. The van der Waals surface area contributed by atoms with E-state index in [0.29, 0.717) is 0 Å². The maximum atomic E-state index is 5.84. The number of allylic oxidation sites excluding steroid dienone is 2. The molecule has 0 aliphatic carbocycles. The molecule has 0 unspecified atom stereocenters. The van der Waals surface area contributed by atoms with E-state index in [0.717, 1.165) is 11.6 Å². The van der Waals surface area contributed by atoms with Gasteiger partial charge in [0.2, 0.25) is 0 Å². The summed E-state index contributed by atoms with van der Waals surface area (Å²) in [5.41, 5.74) is 1.06. The SMILES string of the molecule is C=CC(=C)C[Si](C)(C)N. The van der Waals surface area contributed by atoms with E-state index in [1.165, 1.54) is 0 Å². The van der Waals surface area contributed by atoms with Gasteiger partial charge in [0.05, 0.1) is 0 Å². The molecule has 0 atom stereocenters. The predicted molar refractivity (Wildman–Crippen MR) is 45.8 cm³/mol. The molecule has 0 heterocycles. The summed E-state index contributed by atoms with van der Waals surface area (Å²) in [5, 5.41) is 5.84. The lowest BCUT2D eigenvalue weighted by molar-refractivity contribution is 1.38. The zero-order valence-electron chi connectivity index (χ0n) is 6.28. The van der Waals surface area contributed by atoms with Crippen LogP contribution in [0.5, 0.6) is 0 Å². The van der Waals surface area contributed by atoms with Crippen LogP contribution in [0.1, 0.15) is 0 Å². The van der Waals surface area contributed by atoms with E-state index in [1.54, 1.807) is 6.08 Å². The molecule has 0 spiro atoms. The average molecular weight is 141 g/mol. The summed E-state index contributed by atoms with van der Waals surface area (Å²) < 4.78 is 0. The van der Waals surface area contributed by atoms with Crippen molar-refractivity contribution in [3.05, 3.63) is 24.8 Å². The molecule has 0 aliphatic heterocycles. The normalized spacial score (nSPS) is 11.0. The molecule has 0 aliphatic rings. The van der Waals surface area contributed by atoms with Crippen molar-refractivity contribution >= 4 is 8.24 Å². The van der Waals surface area contributed by atoms with Crippen molar-refractivity contribution in [2.45, 2.75) is 19.1 Å². The Morgan fingerprint density at radius 3 is 2.22 bits per heavy atom. The van der Waals surface area contributed by atoms with Crippen LogP contribution in [0.4, 0.5) is 0 Å². The topological polar surface area (TPSA) is 26.0 Å². The summed E-state index contributed by atoms with van der Waals surface area (Å²) in [4.78, 5) is 0. The van der Waals surface area contributed by atoms with Crippen LogP contribution < -0.4 is 5.40 Å². The Balaban J connectivity index is 3.74. The predicted octanol–water partition coefficient (Wildman–Crippen LogP) is 1.89. The van der Waals surface area contributed by atoms with Crippen molar-refractivity contribution in [2.24, 2.45) is 5.40 Å². The van der Waals surface area contributed by atoms with Crippen molar-refractivity contribution in [2.75, 3.05) is 0 Å². The summed E-state index contributed by atoms with van der Waals surface area (Å²) in [7, 11) is -1.41. The summed E-state index contributed by atoms with van der Waals surface area (Å²) in [5.74, 6) is 0. The largest absolute Gasteiger partial charge is 0.351 e. The third-order valence-electron chi connectivity index (χ3n) is 0.971. The van der Waals surface area contributed by atoms with Crippen LogP contribution in [0.15, 0.2) is 24.8 Å². The molecule has 9 heavy (non-hydrogen) atoms. The van der Waals surface area contributed by atoms with Gasteiger partial charge in [-0.3, -0.25) is 0 Å². The lowest BCUT2D eigenvalue weighted by Crippen LogP contribution is -2.37. The van der Waals surface area contributed by atoms with Crippen LogP contribution in [-0.2, 0) is 0 Å². The van der Waals surface area contributed by atoms with E-state index in [-0.39, 0.29) is 0 Å². The second-order valence-electron chi connectivity index (χ2n) is 3.03. The van der Waals surface area contributed by atoms with Gasteiger partial charge in [-0.1, -0.05) is 37.9 Å². The molecule has 1 nitrogen and oxygen atoms in total. The van der Waals surface area contributed by atoms with Crippen molar-refractivity contribution in [1.29, 1.82) is 0 Å². The van der Waals surface area contributed by atoms with Gasteiger partial charge >= 0.3 is 0 Å². The van der Waals surface area contributed by atoms with Crippen molar-refractivity contribution in [1.82, 2.24) is 0 Å². The Morgan fingerprint density at radius 1 is 1.67 bits per heavy atom. The van der Waals surface area contributed by atoms with Crippen molar-refractivity contribution < 1.29 is 0 Å². The number of rotatable bonds is 3. The number of hydrogen-bond donors (Lipinski definition) is 1. The molecule has 2 N–H and O–H groups in total. The maximum Gasteiger partial charge on any atom is 0.121 e. The summed E-state index contributed by atoms with van der Waals surface area (Å²) in [6.45, 7) is 11.6. The van der Waals surface area contributed by atoms with Crippen LogP contribution in [0.2, 0.25) is 19.1 Å². The summed E-state index contributed by atoms with van der Waals surface area (Å²) in [6.07, 6.45) is 1.78. The first-order chi connectivity index (χ1) is 3.95. The molecule has 0 bridgehead atoms. The minimum atomic E-state index is -1.41. The molecule has 2 heteroatoms. The first-order valence-corrected chi connectivity index (χ1v) is 6.33. The van der Waals surface area contributed by atoms with Gasteiger partial charge in [-0.2, -0.15) is 0 Å². The standard InChI is InChI=1S/C7H15NSi/c1-5-7(2)6-9(3,4)8/h5H,1-2,6,8H2,3-4H3.